The summed E-state index contributed by atoms with van der Waals surface area (Å²) in [6.07, 6.45) is 7.53. The second kappa shape index (κ2) is 13.7. The van der Waals surface area contributed by atoms with Crippen molar-refractivity contribution in [2.75, 3.05) is 28.4 Å². The zero-order chi connectivity index (χ0) is 35.0. The number of hydrogen-bond donors (Lipinski definition) is 2. The highest BCUT2D eigenvalue weighted by molar-refractivity contribution is 5.64. The van der Waals surface area contributed by atoms with E-state index in [-0.39, 0.29) is 42.0 Å². The predicted molar refractivity (Wildman–Crippen MR) is 191 cm³/mol. The van der Waals surface area contributed by atoms with E-state index in [0.29, 0.717) is 45.6 Å². The zero-order valence-electron chi connectivity index (χ0n) is 29.3. The number of fused-ring (bicyclic) bond motifs is 2. The summed E-state index contributed by atoms with van der Waals surface area (Å²) in [4.78, 5) is 0. The first-order valence-electron chi connectivity index (χ1n) is 16.5. The molecule has 4 aromatic rings. The van der Waals surface area contributed by atoms with Crippen LogP contribution in [0.2, 0.25) is 0 Å². The molecule has 0 bridgehead atoms. The lowest BCUT2D eigenvalue weighted by molar-refractivity contribution is 0.207. The fourth-order valence-corrected chi connectivity index (χ4v) is 7.09. The van der Waals surface area contributed by atoms with Crippen molar-refractivity contribution in [1.29, 1.82) is 0 Å². The molecular weight excluding hydrogens is 620 g/mol. The smallest absolute Gasteiger partial charge is 0.165 e. The molecule has 6 rings (SSSR count). The molecule has 49 heavy (non-hydrogen) atoms. The highest BCUT2D eigenvalue weighted by Gasteiger charge is 2.37. The maximum atomic E-state index is 11.4. The van der Waals surface area contributed by atoms with Crippen molar-refractivity contribution in [1.82, 2.24) is 0 Å². The van der Waals surface area contributed by atoms with Gasteiger partial charge in [0, 0.05) is 40.5 Å². The van der Waals surface area contributed by atoms with E-state index in [2.05, 4.69) is 26.0 Å². The van der Waals surface area contributed by atoms with E-state index in [1.54, 1.807) is 14.2 Å². The molecule has 2 aliphatic rings. The van der Waals surface area contributed by atoms with Crippen LogP contribution in [0.4, 0.5) is 0 Å². The van der Waals surface area contributed by atoms with Gasteiger partial charge in [0.25, 0.3) is 0 Å². The van der Waals surface area contributed by atoms with Crippen LogP contribution in [0.3, 0.4) is 0 Å². The van der Waals surface area contributed by atoms with E-state index in [4.69, 9.17) is 28.4 Å². The Morgan fingerprint density at radius 1 is 0.571 bits per heavy atom. The van der Waals surface area contributed by atoms with Gasteiger partial charge in [0.2, 0.25) is 0 Å². The number of rotatable bonds is 10. The van der Waals surface area contributed by atoms with Gasteiger partial charge >= 0.3 is 0 Å². The molecule has 2 heterocycles. The van der Waals surface area contributed by atoms with Crippen LogP contribution in [0.5, 0.6) is 46.0 Å². The third-order valence-electron chi connectivity index (χ3n) is 9.58. The van der Waals surface area contributed by atoms with E-state index < -0.39 is 0 Å². The van der Waals surface area contributed by atoms with Gasteiger partial charge in [0.15, 0.2) is 46.0 Å². The number of hydrogen-bond acceptors (Lipinski definition) is 8. The molecule has 0 fully saturated rings. The van der Waals surface area contributed by atoms with Crippen molar-refractivity contribution in [3.05, 3.63) is 105 Å². The van der Waals surface area contributed by atoms with Crippen LogP contribution in [0.15, 0.2) is 60.7 Å². The Kier molecular flexibility index (Phi) is 9.41. The van der Waals surface area contributed by atoms with Gasteiger partial charge in [-0.1, -0.05) is 38.2 Å². The second-order valence-corrected chi connectivity index (χ2v) is 12.6. The Morgan fingerprint density at radius 3 is 1.31 bits per heavy atom. The van der Waals surface area contributed by atoms with Crippen LogP contribution < -0.4 is 28.4 Å². The van der Waals surface area contributed by atoms with Gasteiger partial charge in [-0.05, 0) is 84.6 Å². The van der Waals surface area contributed by atoms with Gasteiger partial charge < -0.3 is 38.6 Å². The molecule has 2 aliphatic heterocycles. The van der Waals surface area contributed by atoms with Crippen LogP contribution in [0, 0.1) is 0 Å². The SMILES string of the molecule is C/C=C/c1cc(OC)c2c(c1)[C@H](C)[C@@H](c1cc(Cc3cc([C@H]4Oc5c(OC)cc(/C=C/C)cc5[C@@H]4C)cc(OC)c3O)c(O)c(OC)c1)O2. The van der Waals surface area contributed by atoms with Crippen LogP contribution in [0.25, 0.3) is 12.2 Å². The van der Waals surface area contributed by atoms with Gasteiger partial charge in [0.05, 0.1) is 28.4 Å². The summed E-state index contributed by atoms with van der Waals surface area (Å²) in [5.41, 5.74) is 6.95. The first-order valence-corrected chi connectivity index (χ1v) is 16.5. The number of aromatic hydroxyl groups is 2. The molecular formula is C41H44O8. The van der Waals surface area contributed by atoms with Crippen molar-refractivity contribution < 1.29 is 38.6 Å². The number of ether oxygens (including phenoxy) is 6. The highest BCUT2D eigenvalue weighted by atomic mass is 16.5. The van der Waals surface area contributed by atoms with Crippen LogP contribution in [-0.4, -0.2) is 38.7 Å². The average Bonchev–Trinajstić information content (AvgIpc) is 3.62. The van der Waals surface area contributed by atoms with Crippen molar-refractivity contribution in [2.24, 2.45) is 0 Å². The van der Waals surface area contributed by atoms with Crippen molar-refractivity contribution >= 4 is 12.2 Å². The van der Waals surface area contributed by atoms with E-state index in [1.807, 2.05) is 74.5 Å². The molecule has 0 saturated carbocycles. The molecule has 2 N–H and O–H groups in total. The third kappa shape index (κ3) is 6.01. The van der Waals surface area contributed by atoms with Crippen LogP contribution in [0.1, 0.15) is 96.2 Å². The van der Waals surface area contributed by atoms with Gasteiger partial charge in [-0.15, -0.1) is 0 Å². The fraction of sp³-hybridized carbons (Fsp3) is 0.317. The monoisotopic (exact) mass is 664 g/mol. The maximum Gasteiger partial charge on any atom is 0.165 e. The van der Waals surface area contributed by atoms with E-state index in [0.717, 1.165) is 33.4 Å². The molecule has 0 spiro atoms. The third-order valence-corrected chi connectivity index (χ3v) is 9.58. The molecule has 0 amide bonds. The maximum absolute atomic E-state index is 11.4. The lowest BCUT2D eigenvalue weighted by atomic mass is 9.88. The first-order chi connectivity index (χ1) is 23.6. The quantitative estimate of drug-likeness (QED) is 0.173. The van der Waals surface area contributed by atoms with Gasteiger partial charge in [0.1, 0.15) is 12.2 Å². The summed E-state index contributed by atoms with van der Waals surface area (Å²) in [7, 11) is 6.33. The summed E-state index contributed by atoms with van der Waals surface area (Å²) in [6.45, 7) is 8.19. The Hall–Kier alpha value is -5.24. The largest absolute Gasteiger partial charge is 0.504 e. The van der Waals surface area contributed by atoms with E-state index in [1.165, 1.54) is 14.2 Å². The normalized spacial score (nSPS) is 19.4. The summed E-state index contributed by atoms with van der Waals surface area (Å²) in [6, 6.07) is 15.6. The molecule has 0 aromatic heterocycles. The minimum Gasteiger partial charge on any atom is -0.504 e. The molecule has 8 heteroatoms. The number of phenolic OH excluding ortho intramolecular Hbond substituents is 2. The fourth-order valence-electron chi connectivity index (χ4n) is 7.09. The lowest BCUT2D eigenvalue weighted by Crippen LogP contribution is -2.10. The first kappa shape index (κ1) is 33.7. The number of benzene rings is 4. The molecule has 0 radical (unpaired) electrons. The van der Waals surface area contributed by atoms with Crippen molar-refractivity contribution in [3.8, 4) is 46.0 Å². The topological polar surface area (TPSA) is 95.8 Å². The molecule has 4 aromatic carbocycles. The second-order valence-electron chi connectivity index (χ2n) is 12.6. The molecule has 0 unspecified atom stereocenters. The minimum absolute atomic E-state index is 0.00901. The molecule has 0 saturated heterocycles. The van der Waals surface area contributed by atoms with Crippen molar-refractivity contribution in [2.45, 2.75) is 58.2 Å². The minimum atomic E-state index is -0.360. The van der Waals surface area contributed by atoms with Crippen LogP contribution >= 0.6 is 0 Å². The molecule has 0 aliphatic carbocycles. The Morgan fingerprint density at radius 2 is 0.959 bits per heavy atom. The lowest BCUT2D eigenvalue weighted by Gasteiger charge is -2.21. The Bertz CT molecular complexity index is 1800. The standard InChI is InChI=1S/C41H44O8/c1-9-11-24-13-30-22(3)38(48-40(30)34(15-24)46-7)28-18-26(36(42)32(20-28)44-5)17-27-19-29(21-33(45-6)37(27)43)39-23(4)31-14-25(12-10-2)16-35(47-8)41(31)49-39/h9-16,18-23,38-39,42-43H,17H2,1-8H3/b11-9+,12-10+/t22-,23-,38-,39-/m0/s1. The number of phenols is 2. The Labute approximate surface area is 288 Å². The number of methoxy groups -OCH3 is 4. The predicted octanol–water partition coefficient (Wildman–Crippen LogP) is 9.26. The molecule has 4 atom stereocenters. The van der Waals surface area contributed by atoms with Gasteiger partial charge in [-0.3, -0.25) is 0 Å². The Balaban J connectivity index is 1.37. The highest BCUT2D eigenvalue weighted by Crippen LogP contribution is 2.54. The number of allylic oxidation sites excluding steroid dienone is 2. The summed E-state index contributed by atoms with van der Waals surface area (Å²) < 4.78 is 35.8. The van der Waals surface area contributed by atoms with E-state index in [9.17, 15) is 10.2 Å². The molecule has 8 nitrogen and oxygen atoms in total. The summed E-state index contributed by atoms with van der Waals surface area (Å²) in [5.74, 6) is 3.34. The van der Waals surface area contributed by atoms with Gasteiger partial charge in [-0.2, -0.15) is 0 Å². The van der Waals surface area contributed by atoms with E-state index >= 15 is 0 Å². The summed E-state index contributed by atoms with van der Waals surface area (Å²) >= 11 is 0. The van der Waals surface area contributed by atoms with Crippen molar-refractivity contribution in [3.63, 3.8) is 0 Å². The molecule has 256 valence electrons. The van der Waals surface area contributed by atoms with Gasteiger partial charge in [-0.25, -0.2) is 0 Å². The summed E-state index contributed by atoms with van der Waals surface area (Å²) in [5, 5.41) is 22.7. The van der Waals surface area contributed by atoms with Crippen LogP contribution in [-0.2, 0) is 6.42 Å². The average molecular weight is 665 g/mol. The zero-order valence-corrected chi connectivity index (χ0v) is 29.3.